The molecule has 3 aromatic rings. The fourth-order valence-corrected chi connectivity index (χ4v) is 4.54. The smallest absolute Gasteiger partial charge is 0.270 e. The Labute approximate surface area is 197 Å². The molecule has 0 aliphatic carbocycles. The number of nitrogens with one attached hydrogen (secondary N) is 2. The van der Waals surface area contributed by atoms with E-state index in [1.54, 1.807) is 12.1 Å². The SMILES string of the molecule is O=[N+]([O-])c1ccc(N/N=C/c2cc(Cl)cc(Cl)c2O)c(S(=O)(=O)Nc2ccccc2Cl)c1. The van der Waals surface area contributed by atoms with Crippen molar-refractivity contribution in [1.82, 2.24) is 0 Å². The van der Waals surface area contributed by atoms with Gasteiger partial charge in [-0.3, -0.25) is 20.3 Å². The highest BCUT2D eigenvalue weighted by atomic mass is 35.5. The number of nitrogens with zero attached hydrogens (tertiary/aromatic N) is 2. The summed E-state index contributed by atoms with van der Waals surface area (Å²) in [6.07, 6.45) is 1.16. The first-order valence-electron chi connectivity index (χ1n) is 8.61. The first-order valence-corrected chi connectivity index (χ1v) is 11.2. The van der Waals surface area contributed by atoms with Crippen LogP contribution in [0.3, 0.4) is 0 Å². The summed E-state index contributed by atoms with van der Waals surface area (Å²) in [5.74, 6) is -0.279. The number of hydrogen-bond donors (Lipinski definition) is 3. The van der Waals surface area contributed by atoms with E-state index in [1.165, 1.54) is 30.3 Å². The summed E-state index contributed by atoms with van der Waals surface area (Å²) >= 11 is 17.8. The molecule has 9 nitrogen and oxygen atoms in total. The molecule has 0 atom stereocenters. The van der Waals surface area contributed by atoms with Crippen LogP contribution in [-0.2, 0) is 10.0 Å². The second-order valence-electron chi connectivity index (χ2n) is 6.22. The van der Waals surface area contributed by atoms with Gasteiger partial charge in [0.2, 0.25) is 0 Å². The molecule has 0 radical (unpaired) electrons. The molecule has 0 fully saturated rings. The zero-order valence-electron chi connectivity index (χ0n) is 15.8. The summed E-state index contributed by atoms with van der Waals surface area (Å²) in [5, 5.41) is 25.4. The Kier molecular flexibility index (Phi) is 7.09. The lowest BCUT2D eigenvalue weighted by atomic mass is 10.2. The van der Waals surface area contributed by atoms with E-state index in [1.807, 2.05) is 0 Å². The van der Waals surface area contributed by atoms with E-state index in [0.717, 1.165) is 18.3 Å². The van der Waals surface area contributed by atoms with Crippen molar-refractivity contribution in [2.75, 3.05) is 10.1 Å². The normalized spacial score (nSPS) is 11.5. The number of sulfonamides is 1. The summed E-state index contributed by atoms with van der Waals surface area (Å²) in [5.41, 5.74) is 2.24. The average molecular weight is 516 g/mol. The average Bonchev–Trinajstić information content (AvgIpc) is 2.73. The molecular weight excluding hydrogens is 503 g/mol. The van der Waals surface area contributed by atoms with Crippen molar-refractivity contribution >= 4 is 68.1 Å². The van der Waals surface area contributed by atoms with E-state index in [9.17, 15) is 23.6 Å². The van der Waals surface area contributed by atoms with Gasteiger partial charge in [-0.15, -0.1) is 0 Å². The number of phenolic OH excluding ortho intramolecular Hbond substituents is 1. The number of non-ortho nitro benzene ring substituents is 1. The monoisotopic (exact) mass is 514 g/mol. The van der Waals surface area contributed by atoms with Gasteiger partial charge in [-0.2, -0.15) is 5.10 Å². The molecule has 0 aromatic heterocycles. The summed E-state index contributed by atoms with van der Waals surface area (Å²) in [6, 6.07) is 12.0. The maximum atomic E-state index is 13.0. The van der Waals surface area contributed by atoms with Gasteiger partial charge in [0.1, 0.15) is 10.6 Å². The van der Waals surface area contributed by atoms with Crippen molar-refractivity contribution in [2.24, 2.45) is 5.10 Å². The van der Waals surface area contributed by atoms with E-state index >= 15 is 0 Å². The minimum atomic E-state index is -4.31. The van der Waals surface area contributed by atoms with Crippen LogP contribution in [0.25, 0.3) is 0 Å². The Bertz CT molecular complexity index is 1330. The number of hydrogen-bond acceptors (Lipinski definition) is 7. The Morgan fingerprint density at radius 1 is 1.00 bits per heavy atom. The third kappa shape index (κ3) is 5.40. The standard InChI is InChI=1S/C19H13Cl3N4O5S/c20-12-7-11(19(27)15(22)8-12)10-23-24-17-6-5-13(26(28)29)9-18(17)32(30,31)25-16-4-2-1-3-14(16)21/h1-10,24-25,27H/b23-10+. The number of phenols is 1. The third-order valence-corrected chi connectivity index (χ3v) is 6.27. The van der Waals surface area contributed by atoms with Crippen molar-refractivity contribution in [1.29, 1.82) is 0 Å². The minimum Gasteiger partial charge on any atom is -0.506 e. The number of halogens is 3. The molecular formula is C19H13Cl3N4O5S. The molecule has 13 heteroatoms. The number of para-hydroxylation sites is 1. The van der Waals surface area contributed by atoms with Crippen LogP contribution in [0.15, 0.2) is 64.6 Å². The number of nitro benzene ring substituents is 1. The van der Waals surface area contributed by atoms with Crippen LogP contribution in [0.2, 0.25) is 15.1 Å². The molecule has 0 heterocycles. The van der Waals surface area contributed by atoms with E-state index < -0.39 is 25.5 Å². The molecule has 0 bridgehead atoms. The molecule has 0 aliphatic heterocycles. The highest BCUT2D eigenvalue weighted by Gasteiger charge is 2.23. The number of anilines is 2. The summed E-state index contributed by atoms with van der Waals surface area (Å²) in [4.78, 5) is 9.99. The van der Waals surface area contributed by atoms with Gasteiger partial charge >= 0.3 is 0 Å². The van der Waals surface area contributed by atoms with Crippen LogP contribution in [-0.4, -0.2) is 24.7 Å². The van der Waals surface area contributed by atoms with Crippen LogP contribution in [0.4, 0.5) is 17.1 Å². The molecule has 0 saturated carbocycles. The molecule has 3 rings (SSSR count). The van der Waals surface area contributed by atoms with Crippen LogP contribution < -0.4 is 10.1 Å². The third-order valence-electron chi connectivity index (χ3n) is 4.03. The lowest BCUT2D eigenvalue weighted by Gasteiger charge is -2.13. The summed E-state index contributed by atoms with van der Waals surface area (Å²) in [6.45, 7) is 0. The number of hydrazone groups is 1. The van der Waals surface area contributed by atoms with Gasteiger partial charge in [-0.05, 0) is 30.3 Å². The molecule has 0 aliphatic rings. The maximum absolute atomic E-state index is 13.0. The molecule has 3 N–H and O–H groups in total. The van der Waals surface area contributed by atoms with Crippen LogP contribution in [0.5, 0.6) is 5.75 Å². The highest BCUT2D eigenvalue weighted by molar-refractivity contribution is 7.93. The Morgan fingerprint density at radius 2 is 1.72 bits per heavy atom. The second-order valence-corrected chi connectivity index (χ2v) is 9.12. The predicted octanol–water partition coefficient (Wildman–Crippen LogP) is 5.51. The van der Waals surface area contributed by atoms with Crippen molar-refractivity contribution in [2.45, 2.75) is 4.90 Å². The topological polar surface area (TPSA) is 134 Å². The van der Waals surface area contributed by atoms with Crippen molar-refractivity contribution < 1.29 is 18.4 Å². The van der Waals surface area contributed by atoms with Gasteiger partial charge in [0.05, 0.1) is 32.6 Å². The molecule has 0 saturated heterocycles. The summed E-state index contributed by atoms with van der Waals surface area (Å²) < 4.78 is 28.2. The fourth-order valence-electron chi connectivity index (χ4n) is 2.54. The van der Waals surface area contributed by atoms with Crippen LogP contribution in [0.1, 0.15) is 5.56 Å². The lowest BCUT2D eigenvalue weighted by molar-refractivity contribution is -0.385. The van der Waals surface area contributed by atoms with E-state index in [-0.39, 0.29) is 37.8 Å². The van der Waals surface area contributed by atoms with E-state index in [0.29, 0.717) is 0 Å². The fraction of sp³-hybridized carbons (Fsp3) is 0. The van der Waals surface area contributed by atoms with Crippen LogP contribution in [0, 0.1) is 10.1 Å². The first-order chi connectivity index (χ1) is 15.1. The van der Waals surface area contributed by atoms with Gasteiger partial charge in [-0.1, -0.05) is 46.9 Å². The van der Waals surface area contributed by atoms with Crippen molar-refractivity contribution in [3.05, 3.63) is 85.3 Å². The first kappa shape index (κ1) is 23.6. The zero-order chi connectivity index (χ0) is 23.5. The number of aromatic hydroxyl groups is 1. The van der Waals surface area contributed by atoms with Gasteiger partial charge < -0.3 is 5.11 Å². The molecule has 0 unspecified atom stereocenters. The van der Waals surface area contributed by atoms with Crippen molar-refractivity contribution in [3.8, 4) is 5.75 Å². The Hall–Kier alpha value is -3.05. The van der Waals surface area contributed by atoms with Gasteiger partial charge in [0, 0.05) is 22.7 Å². The largest absolute Gasteiger partial charge is 0.506 e. The summed E-state index contributed by atoms with van der Waals surface area (Å²) in [7, 11) is -4.31. The molecule has 0 amide bonds. The number of nitro groups is 1. The number of rotatable bonds is 7. The molecule has 3 aromatic carbocycles. The quantitative estimate of drug-likeness (QED) is 0.216. The predicted molar refractivity (Wildman–Crippen MR) is 125 cm³/mol. The number of benzene rings is 3. The minimum absolute atomic E-state index is 0.00138. The van der Waals surface area contributed by atoms with Gasteiger partial charge in [0.25, 0.3) is 15.7 Å². The van der Waals surface area contributed by atoms with E-state index in [4.69, 9.17) is 34.8 Å². The van der Waals surface area contributed by atoms with Crippen LogP contribution >= 0.6 is 34.8 Å². The van der Waals surface area contributed by atoms with E-state index in [2.05, 4.69) is 15.2 Å². The Balaban J connectivity index is 1.98. The van der Waals surface area contributed by atoms with Crippen molar-refractivity contribution in [3.63, 3.8) is 0 Å². The van der Waals surface area contributed by atoms with Gasteiger partial charge in [0.15, 0.2) is 0 Å². The molecule has 166 valence electrons. The maximum Gasteiger partial charge on any atom is 0.270 e. The zero-order valence-corrected chi connectivity index (χ0v) is 18.9. The van der Waals surface area contributed by atoms with Gasteiger partial charge in [-0.25, -0.2) is 8.42 Å². The molecule has 32 heavy (non-hydrogen) atoms. The Morgan fingerprint density at radius 3 is 2.41 bits per heavy atom. The molecule has 0 spiro atoms. The second kappa shape index (κ2) is 9.61. The lowest BCUT2D eigenvalue weighted by Crippen LogP contribution is -2.15. The highest BCUT2D eigenvalue weighted by Crippen LogP contribution is 2.32.